The van der Waals surface area contributed by atoms with Crippen LogP contribution in [0.2, 0.25) is 0 Å². The molecule has 0 aromatic heterocycles. The van der Waals surface area contributed by atoms with Crippen LogP contribution >= 0.6 is 0 Å². The predicted octanol–water partition coefficient (Wildman–Crippen LogP) is -0.265. The van der Waals surface area contributed by atoms with Gasteiger partial charge in [-0.3, -0.25) is 0 Å². The Bertz CT molecular complexity index is 14.4. The normalized spacial score (nSPS) is 4.57. The van der Waals surface area contributed by atoms with Crippen molar-refractivity contribution in [3.8, 4) is 0 Å². The summed E-state index contributed by atoms with van der Waals surface area (Å²) >= 11 is -4.83. The second kappa shape index (κ2) is 15.7. The Hall–Kier alpha value is 1.78. The summed E-state index contributed by atoms with van der Waals surface area (Å²) in [5.41, 5.74) is 0. The fourth-order valence-electron chi connectivity index (χ4n) is 0. The first-order chi connectivity index (χ1) is 2.73. The van der Waals surface area contributed by atoms with Crippen molar-refractivity contribution in [3.05, 3.63) is 0 Å². The van der Waals surface area contributed by atoms with Crippen LogP contribution in [0.25, 0.3) is 0 Å². The third-order valence-electron chi connectivity index (χ3n) is 0. The van der Waals surface area contributed by atoms with Crippen molar-refractivity contribution in [1.29, 1.82) is 0 Å². The molecule has 0 radical (unpaired) electrons. The average Bonchev–Trinajstić information content (AvgIpc) is 1.41. The molecule has 0 aromatic carbocycles. The molecule has 0 fully saturated rings. The van der Waals surface area contributed by atoms with Gasteiger partial charge in [-0.05, 0) is 0 Å². The van der Waals surface area contributed by atoms with Gasteiger partial charge in [0.1, 0.15) is 0 Å². The van der Waals surface area contributed by atoms with Gasteiger partial charge in [-0.25, -0.2) is 0 Å². The maximum absolute atomic E-state index is 9.81. The molecule has 0 nitrogen and oxygen atoms in total. The van der Waals surface area contributed by atoms with Gasteiger partial charge in [0.25, 0.3) is 0 Å². The number of halogens is 4. The van der Waals surface area contributed by atoms with E-state index in [1.807, 2.05) is 0 Å². The van der Waals surface area contributed by atoms with E-state index in [9.17, 15) is 14.1 Å². The van der Waals surface area contributed by atoms with Crippen LogP contribution in [-0.2, 0) is 0 Å². The first-order valence-electron chi connectivity index (χ1n) is 1.03. The molecule has 0 aliphatic heterocycles. The standard InChI is InChI=1S/2Al.4FH.Na.3H/h;;4*1H;;;;/q+1;+3;;;;;;;;/p-4. The molecule has 0 bridgehead atoms. The Labute approximate surface area is 75.3 Å². The van der Waals surface area contributed by atoms with Crippen molar-refractivity contribution in [2.45, 2.75) is 0 Å². The van der Waals surface area contributed by atoms with Crippen molar-refractivity contribution in [1.82, 2.24) is 0 Å². The van der Waals surface area contributed by atoms with Gasteiger partial charge < -0.3 is 14.1 Å². The van der Waals surface area contributed by atoms with Crippen LogP contribution in [-0.4, -0.2) is 61.8 Å². The SMILES string of the molecule is [F][AlH2].[F][Al]([F])[F].[NaH]. The molecular formula is H3Al2F4Na. The summed E-state index contributed by atoms with van der Waals surface area (Å²) in [5.74, 6) is 0. The van der Waals surface area contributed by atoms with Crippen LogP contribution in [0.15, 0.2) is 0 Å². The fraction of sp³-hybridized carbons (Fsp3) is 0. The molecule has 0 saturated carbocycles. The summed E-state index contributed by atoms with van der Waals surface area (Å²) in [6.45, 7) is 0. The van der Waals surface area contributed by atoms with E-state index >= 15 is 0 Å². The molecule has 0 aliphatic rings. The quantitative estimate of drug-likeness (QED) is 0.334. The van der Waals surface area contributed by atoms with Crippen LogP contribution in [0.4, 0.5) is 14.1 Å². The molecule has 0 aromatic rings. The minimum atomic E-state index is -4.64. The topological polar surface area (TPSA) is 0 Å². The zero-order valence-corrected chi connectivity index (χ0v) is 6.24. The van der Waals surface area contributed by atoms with Crippen molar-refractivity contribution in [3.63, 3.8) is 0 Å². The van der Waals surface area contributed by atoms with Gasteiger partial charge >= 0.3 is 61.8 Å². The molecule has 0 heterocycles. The van der Waals surface area contributed by atoms with Crippen molar-refractivity contribution >= 4 is 61.8 Å². The Morgan fingerprint density at radius 1 is 1.00 bits per heavy atom. The third-order valence-corrected chi connectivity index (χ3v) is 0. The predicted molar refractivity (Wildman–Crippen MR) is 25.9 cm³/mol. The Morgan fingerprint density at radius 3 is 1.00 bits per heavy atom. The average molecular weight is 156 g/mol. The first kappa shape index (κ1) is 15.9. The molecule has 0 amide bonds. The van der Waals surface area contributed by atoms with Crippen molar-refractivity contribution < 1.29 is 14.1 Å². The maximum atomic E-state index is 9.81. The number of hydrogen-bond donors (Lipinski definition) is 0. The third kappa shape index (κ3) is 81.8. The minimum absolute atomic E-state index is 0. The Kier molecular flexibility index (Phi) is 35.6. The zero-order valence-electron chi connectivity index (χ0n) is 3.09. The fourth-order valence-corrected chi connectivity index (χ4v) is 0. The number of rotatable bonds is 0. The van der Waals surface area contributed by atoms with Crippen LogP contribution in [0.1, 0.15) is 0 Å². The summed E-state index contributed by atoms with van der Waals surface area (Å²) in [7, 11) is 0. The van der Waals surface area contributed by atoms with E-state index in [-0.39, 0.29) is 46.3 Å². The molecule has 7 heavy (non-hydrogen) atoms. The van der Waals surface area contributed by atoms with Gasteiger partial charge in [0, 0.05) is 0 Å². The number of hydrogen-bond acceptors (Lipinski definition) is 0. The second-order valence-corrected chi connectivity index (χ2v) is 0.742. The Balaban J connectivity index is -0.0000000480. The van der Waals surface area contributed by atoms with Crippen LogP contribution in [0.5, 0.6) is 0 Å². The summed E-state index contributed by atoms with van der Waals surface area (Å²) < 4.78 is 39.1. The van der Waals surface area contributed by atoms with Gasteiger partial charge in [0.2, 0.25) is 0 Å². The molecule has 0 aliphatic carbocycles. The van der Waals surface area contributed by atoms with Gasteiger partial charge in [-0.1, -0.05) is 0 Å². The molecule has 0 spiro atoms. The molecule has 0 rings (SSSR count). The van der Waals surface area contributed by atoms with Gasteiger partial charge in [0.15, 0.2) is 0 Å². The monoisotopic (exact) mass is 156 g/mol. The van der Waals surface area contributed by atoms with Crippen LogP contribution < -0.4 is 0 Å². The summed E-state index contributed by atoms with van der Waals surface area (Å²) in [6, 6.07) is 0. The van der Waals surface area contributed by atoms with Crippen LogP contribution in [0, 0.1) is 0 Å². The zero-order chi connectivity index (χ0) is 5.58. The molecule has 38 valence electrons. The van der Waals surface area contributed by atoms with E-state index < -0.39 is 15.5 Å². The van der Waals surface area contributed by atoms with Crippen molar-refractivity contribution in [2.75, 3.05) is 0 Å². The van der Waals surface area contributed by atoms with E-state index in [0.717, 1.165) is 0 Å². The Morgan fingerprint density at radius 2 is 1.00 bits per heavy atom. The molecule has 0 atom stereocenters. The van der Waals surface area contributed by atoms with Gasteiger partial charge in [-0.2, -0.15) is 0 Å². The first-order valence-corrected chi connectivity index (χ1v) is 3.10. The van der Waals surface area contributed by atoms with Crippen LogP contribution in [0.3, 0.4) is 0 Å². The van der Waals surface area contributed by atoms with Crippen molar-refractivity contribution in [2.24, 2.45) is 0 Å². The molecule has 7 heteroatoms. The van der Waals surface area contributed by atoms with E-state index in [4.69, 9.17) is 0 Å². The van der Waals surface area contributed by atoms with E-state index in [0.29, 0.717) is 0 Å². The second-order valence-electron chi connectivity index (χ2n) is 0.247. The van der Waals surface area contributed by atoms with Gasteiger partial charge in [0.05, 0.1) is 0 Å². The summed E-state index contributed by atoms with van der Waals surface area (Å²) in [5, 5.41) is 0. The molecular weight excluding hydrogens is 153 g/mol. The molecule has 0 N–H and O–H groups in total. The van der Waals surface area contributed by atoms with E-state index in [2.05, 4.69) is 0 Å². The van der Waals surface area contributed by atoms with E-state index in [1.54, 1.807) is 0 Å². The summed E-state index contributed by atoms with van der Waals surface area (Å²) in [6.07, 6.45) is 0. The summed E-state index contributed by atoms with van der Waals surface area (Å²) in [4.78, 5) is 0. The molecule has 0 unspecified atom stereocenters. The van der Waals surface area contributed by atoms with Gasteiger partial charge in [-0.15, -0.1) is 0 Å². The van der Waals surface area contributed by atoms with E-state index in [1.165, 1.54) is 0 Å². The molecule has 0 saturated heterocycles.